The van der Waals surface area contributed by atoms with Gasteiger partial charge in [-0.05, 0) is 0 Å². The highest BCUT2D eigenvalue weighted by Gasteiger charge is 1.97. The Balaban J connectivity index is 2.78. The van der Waals surface area contributed by atoms with Crippen LogP contribution in [0.1, 0.15) is 11.1 Å². The van der Waals surface area contributed by atoms with Crippen molar-refractivity contribution in [2.75, 3.05) is 0 Å². The fourth-order valence-electron chi connectivity index (χ4n) is 0.903. The third-order valence-electron chi connectivity index (χ3n) is 1.51. The lowest BCUT2D eigenvalue weighted by atomic mass is 10.2. The topological polar surface area (TPSA) is 143 Å². The molecule has 0 spiro atoms. The normalized spacial score (nSPS) is 11.8. The molecule has 84 valence electrons. The van der Waals surface area contributed by atoms with Gasteiger partial charge in [-0.1, -0.05) is 0 Å². The Labute approximate surface area is 91.6 Å². The van der Waals surface area contributed by atoms with Crippen molar-refractivity contribution in [2.45, 2.75) is 0 Å². The molecule has 0 aliphatic rings. The fourth-order valence-corrected chi connectivity index (χ4v) is 0.903. The number of hydrogen-bond donors (Lipinski definition) is 4. The second-order valence-corrected chi connectivity index (χ2v) is 2.64. The van der Waals surface area contributed by atoms with Crippen molar-refractivity contribution in [2.24, 2.45) is 37.6 Å². The van der Waals surface area contributed by atoms with Gasteiger partial charge in [-0.3, -0.25) is 0 Å². The largest absolute Gasteiger partial charge is 0.388 e. The molecule has 0 fully saturated rings. The van der Waals surface area contributed by atoms with Crippen LogP contribution in [0.15, 0.2) is 32.8 Å². The van der Waals surface area contributed by atoms with E-state index >= 15 is 0 Å². The minimum atomic E-state index is -0.102. The Morgan fingerprint density at radius 2 is 1.69 bits per heavy atom. The molecular formula is C8H12N8. The molecule has 16 heavy (non-hydrogen) atoms. The maximum Gasteiger partial charge on any atom is 0.211 e. The van der Waals surface area contributed by atoms with Gasteiger partial charge in [0.1, 0.15) is 6.34 Å². The number of nitrogens with zero attached hydrogens (tertiary/aromatic N) is 4. The number of nitrogens with two attached hydrogens (primary N) is 3. The average Bonchev–Trinajstić information content (AvgIpc) is 2.66. The number of hydrogen-bond acceptors (Lipinski definition) is 4. The SMILES string of the molecule is NC=N/N=C/c1c[nH]cc1/C=N/N=C(N)N. The molecule has 0 aromatic carbocycles. The number of guanidine groups is 1. The van der Waals surface area contributed by atoms with Crippen LogP contribution in [-0.2, 0) is 0 Å². The Kier molecular flexibility index (Phi) is 4.26. The van der Waals surface area contributed by atoms with Gasteiger partial charge < -0.3 is 22.2 Å². The van der Waals surface area contributed by atoms with Crippen LogP contribution in [0, 0.1) is 0 Å². The lowest BCUT2D eigenvalue weighted by molar-refractivity contribution is 1.21. The molecule has 0 saturated carbocycles. The summed E-state index contributed by atoms with van der Waals surface area (Å²) in [5.74, 6) is -0.102. The molecule has 0 radical (unpaired) electrons. The summed E-state index contributed by atoms with van der Waals surface area (Å²) < 4.78 is 0. The van der Waals surface area contributed by atoms with Gasteiger partial charge in [0.15, 0.2) is 0 Å². The predicted octanol–water partition coefficient (Wildman–Crippen LogP) is -1.06. The van der Waals surface area contributed by atoms with E-state index in [1.54, 1.807) is 12.4 Å². The van der Waals surface area contributed by atoms with Crippen molar-refractivity contribution >= 4 is 24.7 Å². The monoisotopic (exact) mass is 220 g/mol. The van der Waals surface area contributed by atoms with Crippen molar-refractivity contribution in [3.05, 3.63) is 23.5 Å². The number of nitrogens with one attached hydrogen (secondary N) is 1. The summed E-state index contributed by atoms with van der Waals surface area (Å²) in [5.41, 5.74) is 16.8. The Morgan fingerprint density at radius 1 is 1.06 bits per heavy atom. The van der Waals surface area contributed by atoms with Crippen LogP contribution in [0.4, 0.5) is 0 Å². The van der Waals surface area contributed by atoms with Crippen LogP contribution in [0.3, 0.4) is 0 Å². The molecule has 0 atom stereocenters. The lowest BCUT2D eigenvalue weighted by Crippen LogP contribution is -2.21. The number of aromatic nitrogens is 1. The van der Waals surface area contributed by atoms with Crippen LogP contribution in [0.2, 0.25) is 0 Å². The highest BCUT2D eigenvalue weighted by atomic mass is 15.3. The quantitative estimate of drug-likeness (QED) is 0.291. The van der Waals surface area contributed by atoms with Crippen molar-refractivity contribution in [3.8, 4) is 0 Å². The molecule has 0 unspecified atom stereocenters. The standard InChI is InChI=1S/C8H12N8/c9-5-15-13-3-6-1-12-2-7(6)4-14-16-8(10)11/h1-5,12H,(H2,9,15)(H4,10,11,16)/b13-3+,14-4+. The molecular weight excluding hydrogens is 208 g/mol. The Morgan fingerprint density at radius 3 is 2.25 bits per heavy atom. The van der Waals surface area contributed by atoms with Gasteiger partial charge in [-0.2, -0.15) is 10.2 Å². The van der Waals surface area contributed by atoms with Gasteiger partial charge in [0.05, 0.1) is 12.4 Å². The molecule has 8 heteroatoms. The van der Waals surface area contributed by atoms with Crippen LogP contribution >= 0.6 is 0 Å². The van der Waals surface area contributed by atoms with Crippen LogP contribution in [0.5, 0.6) is 0 Å². The molecule has 8 nitrogen and oxygen atoms in total. The molecule has 1 aromatic rings. The zero-order chi connectivity index (χ0) is 11.8. The van der Waals surface area contributed by atoms with E-state index in [9.17, 15) is 0 Å². The number of rotatable bonds is 4. The van der Waals surface area contributed by atoms with E-state index < -0.39 is 0 Å². The fraction of sp³-hybridized carbons (Fsp3) is 0. The van der Waals surface area contributed by atoms with Gasteiger partial charge in [0.25, 0.3) is 0 Å². The smallest absolute Gasteiger partial charge is 0.211 e. The van der Waals surface area contributed by atoms with Crippen molar-refractivity contribution < 1.29 is 0 Å². The summed E-state index contributed by atoms with van der Waals surface area (Å²) in [4.78, 5) is 2.89. The van der Waals surface area contributed by atoms with Gasteiger partial charge in [0, 0.05) is 23.5 Å². The Hall–Kier alpha value is -2.64. The van der Waals surface area contributed by atoms with E-state index in [0.717, 1.165) is 17.5 Å². The summed E-state index contributed by atoms with van der Waals surface area (Å²) in [5, 5.41) is 14.3. The molecule has 0 aliphatic heterocycles. The van der Waals surface area contributed by atoms with Gasteiger partial charge in [-0.15, -0.1) is 10.2 Å². The number of H-pyrrole nitrogens is 1. The van der Waals surface area contributed by atoms with Crippen LogP contribution in [0.25, 0.3) is 0 Å². The summed E-state index contributed by atoms with van der Waals surface area (Å²) in [7, 11) is 0. The minimum Gasteiger partial charge on any atom is -0.388 e. The first-order valence-electron chi connectivity index (χ1n) is 4.29. The van der Waals surface area contributed by atoms with Crippen LogP contribution < -0.4 is 17.2 Å². The highest BCUT2D eigenvalue weighted by Crippen LogP contribution is 2.02. The first-order chi connectivity index (χ1) is 7.74. The second-order valence-electron chi connectivity index (χ2n) is 2.64. The van der Waals surface area contributed by atoms with E-state index in [2.05, 4.69) is 25.4 Å². The molecule has 0 aliphatic carbocycles. The van der Waals surface area contributed by atoms with E-state index in [1.807, 2.05) is 0 Å². The molecule has 1 heterocycles. The van der Waals surface area contributed by atoms with Gasteiger partial charge in [0.2, 0.25) is 5.96 Å². The summed E-state index contributed by atoms with van der Waals surface area (Å²) >= 11 is 0. The summed E-state index contributed by atoms with van der Waals surface area (Å²) in [6.45, 7) is 0. The Bertz CT molecular complexity index is 435. The highest BCUT2D eigenvalue weighted by molar-refractivity contribution is 5.94. The first-order valence-corrected chi connectivity index (χ1v) is 4.29. The third kappa shape index (κ3) is 3.62. The minimum absolute atomic E-state index is 0.102. The third-order valence-corrected chi connectivity index (χ3v) is 1.51. The van der Waals surface area contributed by atoms with E-state index in [0.29, 0.717) is 0 Å². The molecule has 7 N–H and O–H groups in total. The maximum atomic E-state index is 5.12. The molecule has 0 saturated heterocycles. The van der Waals surface area contributed by atoms with Crippen molar-refractivity contribution in [3.63, 3.8) is 0 Å². The summed E-state index contributed by atoms with van der Waals surface area (Å²) in [6, 6.07) is 0. The van der Waals surface area contributed by atoms with Gasteiger partial charge in [-0.25, -0.2) is 0 Å². The molecule has 1 rings (SSSR count). The van der Waals surface area contributed by atoms with E-state index in [-0.39, 0.29) is 5.96 Å². The molecule has 1 aromatic heterocycles. The van der Waals surface area contributed by atoms with Crippen molar-refractivity contribution in [1.82, 2.24) is 4.98 Å². The summed E-state index contributed by atoms with van der Waals surface area (Å²) in [6.07, 6.45) is 7.56. The van der Waals surface area contributed by atoms with Crippen molar-refractivity contribution in [1.29, 1.82) is 0 Å². The van der Waals surface area contributed by atoms with E-state index in [4.69, 9.17) is 17.2 Å². The zero-order valence-corrected chi connectivity index (χ0v) is 8.41. The molecule has 0 amide bonds. The zero-order valence-electron chi connectivity index (χ0n) is 8.41. The van der Waals surface area contributed by atoms with Crippen LogP contribution in [-0.4, -0.2) is 29.7 Å². The second kappa shape index (κ2) is 5.96. The first kappa shape index (κ1) is 11.4. The maximum absolute atomic E-state index is 5.12. The molecule has 0 bridgehead atoms. The van der Waals surface area contributed by atoms with Gasteiger partial charge >= 0.3 is 0 Å². The lowest BCUT2D eigenvalue weighted by Gasteiger charge is -1.88. The van der Waals surface area contributed by atoms with E-state index in [1.165, 1.54) is 12.4 Å². The average molecular weight is 220 g/mol. The predicted molar refractivity (Wildman–Crippen MR) is 64.5 cm³/mol. The number of aromatic amines is 1.